The second-order valence-electron chi connectivity index (χ2n) is 3.69. The first kappa shape index (κ1) is 12.1. The van der Waals surface area contributed by atoms with Crippen molar-refractivity contribution >= 4 is 9.28 Å². The monoisotopic (exact) mass is 190 g/mol. The lowest BCUT2D eigenvalue weighted by Gasteiger charge is -2.28. The fourth-order valence-corrected chi connectivity index (χ4v) is 2.70. The molecule has 0 saturated heterocycles. The van der Waals surface area contributed by atoms with Crippen molar-refractivity contribution in [2.75, 3.05) is 7.11 Å². The molecule has 1 atom stereocenters. The second kappa shape index (κ2) is 5.73. The molecule has 12 heavy (non-hydrogen) atoms. The number of hydrogen-bond donors (Lipinski definition) is 0. The Bertz CT molecular complexity index is 115. The molecular weight excluding hydrogens is 168 g/mol. The van der Waals surface area contributed by atoms with E-state index in [-0.39, 0.29) is 5.60 Å². The molecule has 1 unspecified atom stereocenters. The predicted molar refractivity (Wildman–Crippen MR) is 54.7 cm³/mol. The summed E-state index contributed by atoms with van der Waals surface area (Å²) in [5, 5.41) is 0. The summed E-state index contributed by atoms with van der Waals surface area (Å²) in [5.74, 6) is 0. The van der Waals surface area contributed by atoms with E-state index >= 15 is 0 Å². The molecule has 0 bridgehead atoms. The van der Waals surface area contributed by atoms with Gasteiger partial charge in [-0.15, -0.1) is 0 Å². The molecule has 0 aliphatic carbocycles. The van der Waals surface area contributed by atoms with Crippen molar-refractivity contribution in [1.82, 2.24) is 0 Å². The van der Waals surface area contributed by atoms with Gasteiger partial charge >= 0.3 is 9.28 Å². The van der Waals surface area contributed by atoms with Gasteiger partial charge in [0.25, 0.3) is 0 Å². The minimum atomic E-state index is -1.36. The van der Waals surface area contributed by atoms with Crippen LogP contribution in [0.25, 0.3) is 0 Å². The van der Waals surface area contributed by atoms with Gasteiger partial charge in [-0.3, -0.25) is 0 Å². The Labute approximate surface area is 78.1 Å². The van der Waals surface area contributed by atoms with E-state index in [1.165, 1.54) is 0 Å². The highest BCUT2D eigenvalue weighted by Crippen LogP contribution is 2.17. The molecule has 0 spiro atoms. The second-order valence-corrected chi connectivity index (χ2v) is 5.83. The zero-order chi connectivity index (χ0) is 9.61. The average molecular weight is 190 g/mol. The first-order valence-corrected chi connectivity index (χ1v) is 6.52. The Morgan fingerprint density at radius 3 is 2.17 bits per heavy atom. The van der Waals surface area contributed by atoms with Gasteiger partial charge in [-0.2, -0.15) is 0 Å². The largest absolute Gasteiger partial charge is 0.400 e. The maximum absolute atomic E-state index is 5.89. The molecule has 0 aromatic heterocycles. The first-order chi connectivity index (χ1) is 5.55. The minimum absolute atomic E-state index is 0.00205. The Kier molecular flexibility index (Phi) is 5.79. The standard InChI is InChI=1S/C9H22O2Si/c1-6-8-12(10-5)11-9(3,4)7-2/h12H,6-8H2,1-5H3. The van der Waals surface area contributed by atoms with Crippen LogP contribution in [0.4, 0.5) is 0 Å². The molecule has 0 aliphatic heterocycles. The Balaban J connectivity index is 3.83. The lowest BCUT2D eigenvalue weighted by Crippen LogP contribution is -2.34. The summed E-state index contributed by atoms with van der Waals surface area (Å²) in [4.78, 5) is 0. The number of rotatable bonds is 6. The van der Waals surface area contributed by atoms with Crippen LogP contribution in [-0.4, -0.2) is 22.0 Å². The van der Waals surface area contributed by atoms with Gasteiger partial charge in [-0.25, -0.2) is 0 Å². The van der Waals surface area contributed by atoms with E-state index in [0.29, 0.717) is 0 Å². The third-order valence-electron chi connectivity index (χ3n) is 2.09. The zero-order valence-corrected chi connectivity index (χ0v) is 10.2. The molecule has 0 aromatic carbocycles. The van der Waals surface area contributed by atoms with Gasteiger partial charge < -0.3 is 8.85 Å². The van der Waals surface area contributed by atoms with Crippen LogP contribution in [-0.2, 0) is 8.85 Å². The van der Waals surface area contributed by atoms with Crippen LogP contribution in [0.1, 0.15) is 40.5 Å². The van der Waals surface area contributed by atoms with Gasteiger partial charge in [-0.05, 0) is 26.3 Å². The molecule has 0 N–H and O–H groups in total. The van der Waals surface area contributed by atoms with Crippen molar-refractivity contribution < 1.29 is 8.85 Å². The van der Waals surface area contributed by atoms with E-state index in [1.807, 2.05) is 0 Å². The first-order valence-electron chi connectivity index (χ1n) is 4.76. The lowest BCUT2D eigenvalue weighted by atomic mass is 10.1. The van der Waals surface area contributed by atoms with Gasteiger partial charge in [0.2, 0.25) is 0 Å². The highest BCUT2D eigenvalue weighted by atomic mass is 28.3. The maximum atomic E-state index is 5.89. The molecule has 0 fully saturated rings. The van der Waals surface area contributed by atoms with Crippen LogP contribution in [0, 0.1) is 0 Å². The normalized spacial score (nSPS) is 14.8. The van der Waals surface area contributed by atoms with Gasteiger partial charge in [0.05, 0.1) is 5.60 Å². The van der Waals surface area contributed by atoms with Crippen molar-refractivity contribution in [3.05, 3.63) is 0 Å². The summed E-state index contributed by atoms with van der Waals surface area (Å²) in [6.07, 6.45) is 2.20. The molecule has 0 heterocycles. The van der Waals surface area contributed by atoms with Crippen molar-refractivity contribution in [3.63, 3.8) is 0 Å². The molecule has 0 aromatic rings. The lowest BCUT2D eigenvalue weighted by molar-refractivity contribution is 0.0704. The predicted octanol–water partition coefficient (Wildman–Crippen LogP) is 2.47. The summed E-state index contributed by atoms with van der Waals surface area (Å²) in [7, 11) is 0.407. The van der Waals surface area contributed by atoms with E-state index in [0.717, 1.165) is 18.9 Å². The maximum Gasteiger partial charge on any atom is 0.321 e. The molecule has 0 amide bonds. The molecule has 0 aliphatic rings. The van der Waals surface area contributed by atoms with Crippen LogP contribution in [0.2, 0.25) is 6.04 Å². The van der Waals surface area contributed by atoms with E-state index in [4.69, 9.17) is 8.85 Å². The molecular formula is C9H22O2Si. The third kappa shape index (κ3) is 4.90. The van der Waals surface area contributed by atoms with Crippen molar-refractivity contribution in [1.29, 1.82) is 0 Å². The summed E-state index contributed by atoms with van der Waals surface area (Å²) < 4.78 is 11.2. The summed E-state index contributed by atoms with van der Waals surface area (Å²) in [6.45, 7) is 8.57. The van der Waals surface area contributed by atoms with Crippen molar-refractivity contribution in [3.8, 4) is 0 Å². The van der Waals surface area contributed by atoms with Gasteiger partial charge in [0.1, 0.15) is 0 Å². The van der Waals surface area contributed by atoms with Gasteiger partial charge in [-0.1, -0.05) is 20.3 Å². The molecule has 74 valence electrons. The minimum Gasteiger partial charge on any atom is -0.400 e. The van der Waals surface area contributed by atoms with Crippen LogP contribution in [0.15, 0.2) is 0 Å². The van der Waals surface area contributed by atoms with E-state index < -0.39 is 9.28 Å². The van der Waals surface area contributed by atoms with Crippen LogP contribution in [0.3, 0.4) is 0 Å². The fraction of sp³-hybridized carbons (Fsp3) is 1.00. The zero-order valence-electron chi connectivity index (χ0n) is 9.02. The van der Waals surface area contributed by atoms with Crippen LogP contribution < -0.4 is 0 Å². The molecule has 2 nitrogen and oxygen atoms in total. The molecule has 0 saturated carbocycles. The highest BCUT2D eigenvalue weighted by molar-refractivity contribution is 6.44. The van der Waals surface area contributed by atoms with Gasteiger partial charge in [0, 0.05) is 7.11 Å². The molecule has 3 heteroatoms. The van der Waals surface area contributed by atoms with Crippen molar-refractivity contribution in [2.45, 2.75) is 52.2 Å². The van der Waals surface area contributed by atoms with Gasteiger partial charge in [0.15, 0.2) is 0 Å². The molecule has 0 rings (SSSR count). The third-order valence-corrected chi connectivity index (χ3v) is 4.56. The average Bonchev–Trinajstić information content (AvgIpc) is 2.03. The number of hydrogen-bond acceptors (Lipinski definition) is 2. The van der Waals surface area contributed by atoms with Crippen LogP contribution >= 0.6 is 0 Å². The molecule has 0 radical (unpaired) electrons. The Hall–Kier alpha value is 0.137. The topological polar surface area (TPSA) is 18.5 Å². The Morgan fingerprint density at radius 2 is 1.83 bits per heavy atom. The quantitative estimate of drug-likeness (QED) is 0.599. The summed E-state index contributed by atoms with van der Waals surface area (Å²) in [5.41, 5.74) is 0.00205. The Morgan fingerprint density at radius 1 is 1.25 bits per heavy atom. The SMILES string of the molecule is CCC[SiH](OC)OC(C)(C)CC. The fourth-order valence-electron chi connectivity index (χ4n) is 0.900. The van der Waals surface area contributed by atoms with Crippen LogP contribution in [0.5, 0.6) is 0 Å². The van der Waals surface area contributed by atoms with Crippen molar-refractivity contribution in [2.24, 2.45) is 0 Å². The smallest absolute Gasteiger partial charge is 0.321 e. The highest BCUT2D eigenvalue weighted by Gasteiger charge is 2.22. The van der Waals surface area contributed by atoms with E-state index in [2.05, 4.69) is 27.7 Å². The summed E-state index contributed by atoms with van der Waals surface area (Å²) in [6, 6.07) is 1.11. The summed E-state index contributed by atoms with van der Waals surface area (Å²) >= 11 is 0. The van der Waals surface area contributed by atoms with E-state index in [1.54, 1.807) is 7.11 Å². The van der Waals surface area contributed by atoms with E-state index in [9.17, 15) is 0 Å².